The van der Waals surface area contributed by atoms with Crippen LogP contribution in [0.1, 0.15) is 35.6 Å². The van der Waals surface area contributed by atoms with Crippen LogP contribution in [0.2, 0.25) is 5.02 Å². The molecule has 0 aliphatic rings. The number of hydrogen-bond donors (Lipinski definition) is 1. The number of nitrogens with one attached hydrogen (secondary N) is 1. The van der Waals surface area contributed by atoms with E-state index in [-0.39, 0.29) is 25.0 Å². The van der Waals surface area contributed by atoms with Gasteiger partial charge >= 0.3 is 0 Å². The summed E-state index contributed by atoms with van der Waals surface area (Å²) in [5.74, 6) is 0.192. The number of hydrogen-bond acceptors (Lipinski definition) is 3. The Morgan fingerprint density at radius 2 is 1.66 bits per heavy atom. The van der Waals surface area contributed by atoms with Crippen molar-refractivity contribution in [3.05, 3.63) is 100 Å². The van der Waals surface area contributed by atoms with E-state index in [1.165, 1.54) is 0 Å². The van der Waals surface area contributed by atoms with Crippen molar-refractivity contribution >= 4 is 23.4 Å². The van der Waals surface area contributed by atoms with Crippen LogP contribution in [-0.2, 0) is 22.6 Å². The lowest BCUT2D eigenvalue weighted by molar-refractivity contribution is -0.142. The molecule has 3 aromatic carbocycles. The van der Waals surface area contributed by atoms with Gasteiger partial charge in [-0.2, -0.15) is 0 Å². The molecular weight excluding hydrogens is 460 g/mol. The Kier molecular flexibility index (Phi) is 9.74. The molecule has 6 heteroatoms. The van der Waals surface area contributed by atoms with Crippen molar-refractivity contribution in [3.8, 4) is 5.75 Å². The third-order valence-corrected chi connectivity index (χ3v) is 6.18. The molecule has 0 bridgehead atoms. The molecular formula is C29H33ClN2O3. The second-order valence-corrected chi connectivity index (χ2v) is 9.12. The fourth-order valence-electron chi connectivity index (χ4n) is 3.74. The summed E-state index contributed by atoms with van der Waals surface area (Å²) in [7, 11) is 0. The van der Waals surface area contributed by atoms with Gasteiger partial charge < -0.3 is 15.0 Å². The highest BCUT2D eigenvalue weighted by Crippen LogP contribution is 2.19. The Bertz CT molecular complexity index is 1120. The van der Waals surface area contributed by atoms with E-state index in [0.29, 0.717) is 23.7 Å². The van der Waals surface area contributed by atoms with E-state index in [1.54, 1.807) is 17.0 Å². The van der Waals surface area contributed by atoms with Gasteiger partial charge in [0.05, 0.1) is 0 Å². The molecule has 0 heterocycles. The zero-order chi connectivity index (χ0) is 25.2. The first-order valence-corrected chi connectivity index (χ1v) is 12.3. The maximum Gasteiger partial charge on any atom is 0.261 e. The van der Waals surface area contributed by atoms with Crippen LogP contribution in [0.25, 0.3) is 0 Å². The Morgan fingerprint density at radius 3 is 2.31 bits per heavy atom. The van der Waals surface area contributed by atoms with E-state index in [2.05, 4.69) is 5.32 Å². The fraction of sp³-hybridized carbons (Fsp3) is 0.310. The molecule has 35 heavy (non-hydrogen) atoms. The van der Waals surface area contributed by atoms with Crippen molar-refractivity contribution < 1.29 is 14.3 Å². The highest BCUT2D eigenvalue weighted by atomic mass is 35.5. The molecule has 3 aromatic rings. The van der Waals surface area contributed by atoms with Gasteiger partial charge in [-0.25, -0.2) is 0 Å². The summed E-state index contributed by atoms with van der Waals surface area (Å²) < 4.78 is 5.86. The molecule has 0 unspecified atom stereocenters. The molecule has 0 aliphatic carbocycles. The quantitative estimate of drug-likeness (QED) is 0.384. The molecule has 0 aromatic heterocycles. The van der Waals surface area contributed by atoms with Gasteiger partial charge in [0.1, 0.15) is 11.8 Å². The Balaban J connectivity index is 1.88. The molecule has 184 valence electrons. The molecule has 0 saturated heterocycles. The summed E-state index contributed by atoms with van der Waals surface area (Å²) in [4.78, 5) is 28.4. The van der Waals surface area contributed by atoms with Crippen LogP contribution >= 0.6 is 11.6 Å². The number of ether oxygens (including phenoxy) is 1. The van der Waals surface area contributed by atoms with E-state index in [9.17, 15) is 9.59 Å². The lowest BCUT2D eigenvalue weighted by Crippen LogP contribution is -2.51. The number of aryl methyl sites for hydroxylation is 2. The SMILES string of the molecule is CCCNC(=O)[C@H](Cc1ccccc1)N(Cc1ccc(Cl)cc1)C(=O)COc1ccc(C)c(C)c1. The highest BCUT2D eigenvalue weighted by molar-refractivity contribution is 6.30. The predicted molar refractivity (Wildman–Crippen MR) is 141 cm³/mol. The molecule has 0 aliphatic heterocycles. The third kappa shape index (κ3) is 7.86. The second kappa shape index (κ2) is 13.0. The van der Waals surface area contributed by atoms with E-state index in [1.807, 2.05) is 81.4 Å². The molecule has 0 fully saturated rings. The van der Waals surface area contributed by atoms with E-state index < -0.39 is 6.04 Å². The van der Waals surface area contributed by atoms with Crippen LogP contribution in [0.15, 0.2) is 72.8 Å². The van der Waals surface area contributed by atoms with Crippen LogP contribution in [0, 0.1) is 13.8 Å². The molecule has 1 atom stereocenters. The summed E-state index contributed by atoms with van der Waals surface area (Å²) in [6.45, 7) is 6.69. The third-order valence-electron chi connectivity index (χ3n) is 5.93. The number of carbonyl (C=O) groups is 2. The largest absolute Gasteiger partial charge is 0.484 e. The summed E-state index contributed by atoms with van der Waals surface area (Å²) in [6.07, 6.45) is 1.21. The molecule has 0 spiro atoms. The minimum absolute atomic E-state index is 0.164. The normalized spacial score (nSPS) is 11.5. The van der Waals surface area contributed by atoms with Crippen LogP contribution in [-0.4, -0.2) is 35.9 Å². The monoisotopic (exact) mass is 492 g/mol. The number of carbonyl (C=O) groups excluding carboxylic acids is 2. The lowest BCUT2D eigenvalue weighted by atomic mass is 10.0. The minimum atomic E-state index is -0.685. The Labute approximate surface area is 213 Å². The average molecular weight is 493 g/mol. The maximum atomic E-state index is 13.5. The van der Waals surface area contributed by atoms with Crippen molar-refractivity contribution in [2.75, 3.05) is 13.2 Å². The van der Waals surface area contributed by atoms with Gasteiger partial charge in [0.25, 0.3) is 5.91 Å². The van der Waals surface area contributed by atoms with Crippen molar-refractivity contribution in [2.24, 2.45) is 0 Å². The number of halogens is 1. The molecule has 5 nitrogen and oxygen atoms in total. The molecule has 0 saturated carbocycles. The van der Waals surface area contributed by atoms with Gasteiger partial charge in [0, 0.05) is 24.5 Å². The van der Waals surface area contributed by atoms with Crippen molar-refractivity contribution in [1.29, 1.82) is 0 Å². The van der Waals surface area contributed by atoms with Crippen LogP contribution < -0.4 is 10.1 Å². The summed E-state index contributed by atoms with van der Waals surface area (Å²) >= 11 is 6.07. The molecule has 0 radical (unpaired) electrons. The number of amides is 2. The molecule has 3 rings (SSSR count). The van der Waals surface area contributed by atoms with Crippen LogP contribution in [0.4, 0.5) is 0 Å². The summed E-state index contributed by atoms with van der Waals surface area (Å²) in [5.41, 5.74) is 4.11. The van der Waals surface area contributed by atoms with E-state index in [0.717, 1.165) is 28.7 Å². The zero-order valence-electron chi connectivity index (χ0n) is 20.6. The first kappa shape index (κ1) is 26.3. The topological polar surface area (TPSA) is 58.6 Å². The number of nitrogens with zero attached hydrogens (tertiary/aromatic N) is 1. The molecule has 2 amide bonds. The van der Waals surface area contributed by atoms with Gasteiger partial charge in [-0.1, -0.05) is 67.1 Å². The smallest absolute Gasteiger partial charge is 0.261 e. The van der Waals surface area contributed by atoms with E-state index in [4.69, 9.17) is 16.3 Å². The van der Waals surface area contributed by atoms with Gasteiger partial charge in [0.15, 0.2) is 6.61 Å². The Morgan fingerprint density at radius 1 is 0.943 bits per heavy atom. The highest BCUT2D eigenvalue weighted by Gasteiger charge is 2.30. The molecule has 1 N–H and O–H groups in total. The predicted octanol–water partition coefficient (Wildman–Crippen LogP) is 5.50. The van der Waals surface area contributed by atoms with Crippen molar-refractivity contribution in [2.45, 2.75) is 46.2 Å². The number of benzene rings is 3. The standard InChI is InChI=1S/C29H33ClN2O3/c1-4-16-31-29(34)27(18-23-8-6-5-7-9-23)32(19-24-11-13-25(30)14-12-24)28(33)20-35-26-15-10-21(2)22(3)17-26/h5-15,17,27H,4,16,18-20H2,1-3H3,(H,31,34)/t27-/m0/s1. The van der Waals surface area contributed by atoms with Gasteiger partial charge in [-0.15, -0.1) is 0 Å². The number of rotatable bonds is 11. The minimum Gasteiger partial charge on any atom is -0.484 e. The summed E-state index contributed by atoms with van der Waals surface area (Å²) in [5, 5.41) is 3.59. The zero-order valence-corrected chi connectivity index (χ0v) is 21.3. The van der Waals surface area contributed by atoms with E-state index >= 15 is 0 Å². The first-order valence-electron chi connectivity index (χ1n) is 11.9. The lowest BCUT2D eigenvalue weighted by Gasteiger charge is -2.31. The Hall–Kier alpha value is -3.31. The summed E-state index contributed by atoms with van der Waals surface area (Å²) in [6, 6.07) is 22.1. The van der Waals surface area contributed by atoms with Crippen molar-refractivity contribution in [1.82, 2.24) is 10.2 Å². The van der Waals surface area contributed by atoms with Crippen molar-refractivity contribution in [3.63, 3.8) is 0 Å². The fourth-order valence-corrected chi connectivity index (χ4v) is 3.86. The maximum absolute atomic E-state index is 13.5. The average Bonchev–Trinajstić information content (AvgIpc) is 2.87. The second-order valence-electron chi connectivity index (χ2n) is 8.68. The van der Waals surface area contributed by atoms with Crippen LogP contribution in [0.5, 0.6) is 5.75 Å². The van der Waals surface area contributed by atoms with Gasteiger partial charge in [-0.05, 0) is 66.8 Å². The first-order chi connectivity index (χ1) is 16.9. The van der Waals surface area contributed by atoms with Gasteiger partial charge in [0.2, 0.25) is 5.91 Å². The van der Waals surface area contributed by atoms with Gasteiger partial charge in [-0.3, -0.25) is 9.59 Å². The van der Waals surface area contributed by atoms with Crippen LogP contribution in [0.3, 0.4) is 0 Å².